The maximum atomic E-state index is 13.5. The van der Waals surface area contributed by atoms with Gasteiger partial charge in [0.15, 0.2) is 5.82 Å². The molecule has 1 amide bonds. The lowest BCUT2D eigenvalue weighted by Crippen LogP contribution is -2.15. The number of carbonyl (C=O) groups is 1. The number of ether oxygens (including phenoxy) is 1. The third kappa shape index (κ3) is 2.90. The van der Waals surface area contributed by atoms with Gasteiger partial charge in [-0.05, 0) is 25.1 Å². The SMILES string of the molecule is CCOc1ccccc1NC(=O)c1ccnc(F)c1F. The molecule has 0 aliphatic carbocycles. The van der Waals surface area contributed by atoms with Crippen LogP contribution in [0, 0.1) is 11.8 Å². The van der Waals surface area contributed by atoms with E-state index in [0.29, 0.717) is 18.0 Å². The maximum absolute atomic E-state index is 13.5. The molecule has 2 aromatic rings. The van der Waals surface area contributed by atoms with E-state index in [4.69, 9.17) is 4.74 Å². The van der Waals surface area contributed by atoms with Crippen LogP contribution in [0.25, 0.3) is 0 Å². The fraction of sp³-hybridized carbons (Fsp3) is 0.143. The van der Waals surface area contributed by atoms with Gasteiger partial charge in [0.2, 0.25) is 5.95 Å². The van der Waals surface area contributed by atoms with Crippen molar-refractivity contribution in [3.8, 4) is 5.75 Å². The van der Waals surface area contributed by atoms with E-state index >= 15 is 0 Å². The average molecular weight is 278 g/mol. The molecule has 20 heavy (non-hydrogen) atoms. The predicted molar refractivity (Wildman–Crippen MR) is 69.7 cm³/mol. The van der Waals surface area contributed by atoms with Crippen LogP contribution in [0.15, 0.2) is 36.5 Å². The van der Waals surface area contributed by atoms with Crippen molar-refractivity contribution in [3.63, 3.8) is 0 Å². The normalized spacial score (nSPS) is 10.2. The van der Waals surface area contributed by atoms with Gasteiger partial charge < -0.3 is 10.1 Å². The zero-order valence-corrected chi connectivity index (χ0v) is 10.7. The summed E-state index contributed by atoms with van der Waals surface area (Å²) in [4.78, 5) is 15.1. The first-order chi connectivity index (χ1) is 9.63. The van der Waals surface area contributed by atoms with Crippen molar-refractivity contribution in [2.24, 2.45) is 0 Å². The van der Waals surface area contributed by atoms with E-state index in [1.54, 1.807) is 31.2 Å². The Bertz CT molecular complexity index is 632. The molecule has 2 rings (SSSR count). The van der Waals surface area contributed by atoms with Crippen LogP contribution in [-0.2, 0) is 0 Å². The standard InChI is InChI=1S/C14H12F2N2O2/c1-2-20-11-6-4-3-5-10(11)18-14(19)9-7-8-17-13(16)12(9)15/h3-8H,2H2,1H3,(H,18,19). The van der Waals surface area contributed by atoms with E-state index < -0.39 is 23.2 Å². The number of halogens is 2. The zero-order valence-electron chi connectivity index (χ0n) is 10.7. The van der Waals surface area contributed by atoms with Crippen LogP contribution >= 0.6 is 0 Å². The molecule has 1 N–H and O–H groups in total. The van der Waals surface area contributed by atoms with Crippen LogP contribution in [0.5, 0.6) is 5.75 Å². The number of aromatic nitrogens is 1. The van der Waals surface area contributed by atoms with Gasteiger partial charge in [-0.3, -0.25) is 4.79 Å². The Hall–Kier alpha value is -2.50. The van der Waals surface area contributed by atoms with Gasteiger partial charge in [-0.15, -0.1) is 0 Å². The molecule has 0 aliphatic rings. The van der Waals surface area contributed by atoms with E-state index in [0.717, 1.165) is 12.3 Å². The highest BCUT2D eigenvalue weighted by Gasteiger charge is 2.17. The second-order valence-corrected chi connectivity index (χ2v) is 3.85. The minimum absolute atomic E-state index is 0.385. The predicted octanol–water partition coefficient (Wildman–Crippen LogP) is 3.01. The zero-order chi connectivity index (χ0) is 14.5. The Morgan fingerprint density at radius 2 is 2.05 bits per heavy atom. The smallest absolute Gasteiger partial charge is 0.258 e. The number of nitrogens with one attached hydrogen (secondary N) is 1. The lowest BCUT2D eigenvalue weighted by molar-refractivity contribution is 0.102. The maximum Gasteiger partial charge on any atom is 0.258 e. The number of anilines is 1. The van der Waals surface area contributed by atoms with Gasteiger partial charge >= 0.3 is 0 Å². The molecule has 1 aromatic heterocycles. The fourth-order valence-corrected chi connectivity index (χ4v) is 1.63. The second kappa shape index (κ2) is 6.10. The molecule has 0 saturated carbocycles. The van der Waals surface area contributed by atoms with Gasteiger partial charge in [0.1, 0.15) is 5.75 Å². The Labute approximate surface area is 114 Å². The summed E-state index contributed by atoms with van der Waals surface area (Å²) in [6, 6.07) is 7.83. The largest absolute Gasteiger partial charge is 0.492 e. The van der Waals surface area contributed by atoms with Crippen molar-refractivity contribution < 1.29 is 18.3 Å². The third-order valence-corrected chi connectivity index (χ3v) is 2.53. The molecular formula is C14H12F2N2O2. The Morgan fingerprint density at radius 1 is 1.30 bits per heavy atom. The Balaban J connectivity index is 2.26. The fourth-order valence-electron chi connectivity index (χ4n) is 1.63. The van der Waals surface area contributed by atoms with Crippen molar-refractivity contribution in [1.29, 1.82) is 0 Å². The number of hydrogen-bond donors (Lipinski definition) is 1. The Morgan fingerprint density at radius 3 is 2.80 bits per heavy atom. The summed E-state index contributed by atoms with van der Waals surface area (Å²) < 4.78 is 31.8. The van der Waals surface area contributed by atoms with Crippen molar-refractivity contribution in [3.05, 3.63) is 53.9 Å². The van der Waals surface area contributed by atoms with Crippen molar-refractivity contribution in [1.82, 2.24) is 4.98 Å². The van der Waals surface area contributed by atoms with Crippen LogP contribution in [0.1, 0.15) is 17.3 Å². The van der Waals surface area contributed by atoms with E-state index in [1.807, 2.05) is 0 Å². The number of amides is 1. The summed E-state index contributed by atoms with van der Waals surface area (Å²) in [5, 5.41) is 2.48. The number of benzene rings is 1. The highest BCUT2D eigenvalue weighted by Crippen LogP contribution is 2.24. The van der Waals surface area contributed by atoms with Gasteiger partial charge in [0.25, 0.3) is 5.91 Å². The number of hydrogen-bond acceptors (Lipinski definition) is 3. The Kier molecular flexibility index (Phi) is 4.24. The summed E-state index contributed by atoms with van der Waals surface area (Å²) in [5.41, 5.74) is -0.0280. The molecule has 6 heteroatoms. The van der Waals surface area contributed by atoms with Gasteiger partial charge in [0, 0.05) is 6.20 Å². The molecule has 4 nitrogen and oxygen atoms in total. The molecule has 0 saturated heterocycles. The van der Waals surface area contributed by atoms with Gasteiger partial charge in [-0.2, -0.15) is 4.39 Å². The summed E-state index contributed by atoms with van der Waals surface area (Å²) >= 11 is 0. The summed E-state index contributed by atoms with van der Waals surface area (Å²) in [5.74, 6) is -2.90. The first kappa shape index (κ1) is 13.9. The van der Waals surface area contributed by atoms with E-state index in [9.17, 15) is 13.6 Å². The van der Waals surface area contributed by atoms with Crippen LogP contribution in [0.3, 0.4) is 0 Å². The molecule has 0 radical (unpaired) electrons. The molecule has 0 fully saturated rings. The summed E-state index contributed by atoms with van der Waals surface area (Å²) in [7, 11) is 0. The highest BCUT2D eigenvalue weighted by molar-refractivity contribution is 6.05. The van der Waals surface area contributed by atoms with E-state index in [1.165, 1.54) is 0 Å². The quantitative estimate of drug-likeness (QED) is 0.875. The molecule has 0 spiro atoms. The number of para-hydroxylation sites is 2. The van der Waals surface area contributed by atoms with Crippen molar-refractivity contribution in [2.75, 3.05) is 11.9 Å². The third-order valence-electron chi connectivity index (χ3n) is 2.53. The topological polar surface area (TPSA) is 51.2 Å². The molecule has 0 bridgehead atoms. The molecule has 1 heterocycles. The van der Waals surface area contributed by atoms with Crippen molar-refractivity contribution in [2.45, 2.75) is 6.92 Å². The highest BCUT2D eigenvalue weighted by atomic mass is 19.2. The van der Waals surface area contributed by atoms with Gasteiger partial charge in [-0.1, -0.05) is 12.1 Å². The van der Waals surface area contributed by atoms with E-state index in [-0.39, 0.29) is 0 Å². The first-order valence-corrected chi connectivity index (χ1v) is 5.96. The summed E-state index contributed by atoms with van der Waals surface area (Å²) in [6.45, 7) is 2.22. The minimum atomic E-state index is -1.31. The molecule has 0 unspecified atom stereocenters. The van der Waals surface area contributed by atoms with Crippen LogP contribution in [0.2, 0.25) is 0 Å². The monoisotopic (exact) mass is 278 g/mol. The molecule has 0 aliphatic heterocycles. The lowest BCUT2D eigenvalue weighted by Gasteiger charge is -2.11. The number of rotatable bonds is 4. The second-order valence-electron chi connectivity index (χ2n) is 3.85. The number of pyridine rings is 1. The van der Waals surface area contributed by atoms with Crippen LogP contribution < -0.4 is 10.1 Å². The molecule has 104 valence electrons. The first-order valence-electron chi connectivity index (χ1n) is 5.96. The number of nitrogens with zero attached hydrogens (tertiary/aromatic N) is 1. The van der Waals surface area contributed by atoms with E-state index in [2.05, 4.69) is 10.3 Å². The summed E-state index contributed by atoms with van der Waals surface area (Å²) in [6.07, 6.45) is 1.03. The molecule has 1 aromatic carbocycles. The van der Waals surface area contributed by atoms with Crippen molar-refractivity contribution >= 4 is 11.6 Å². The number of carbonyl (C=O) groups excluding carboxylic acids is 1. The molecular weight excluding hydrogens is 266 g/mol. The average Bonchev–Trinajstić information content (AvgIpc) is 2.44. The molecule has 0 atom stereocenters. The van der Waals surface area contributed by atoms with Crippen LogP contribution in [0.4, 0.5) is 14.5 Å². The van der Waals surface area contributed by atoms with Gasteiger partial charge in [-0.25, -0.2) is 9.37 Å². The minimum Gasteiger partial charge on any atom is -0.492 e. The van der Waals surface area contributed by atoms with Gasteiger partial charge in [0.05, 0.1) is 17.9 Å². The van der Waals surface area contributed by atoms with Crippen LogP contribution in [-0.4, -0.2) is 17.5 Å². The lowest BCUT2D eigenvalue weighted by atomic mass is 10.2.